The number of hydrogen-bond acceptors (Lipinski definition) is 3. The van der Waals surface area contributed by atoms with Gasteiger partial charge in [0.2, 0.25) is 0 Å². The van der Waals surface area contributed by atoms with Gasteiger partial charge in [-0.2, -0.15) is 5.10 Å². The monoisotopic (exact) mass is 202 g/mol. The van der Waals surface area contributed by atoms with Crippen molar-refractivity contribution < 1.29 is 0 Å². The second-order valence-electron chi connectivity index (χ2n) is 3.43. The van der Waals surface area contributed by atoms with Crippen LogP contribution in [0.5, 0.6) is 0 Å². The van der Waals surface area contributed by atoms with E-state index in [0.29, 0.717) is 0 Å². The second-order valence-corrected chi connectivity index (χ2v) is 3.43. The topological polar surface area (TPSA) is 56.7 Å². The molecule has 4 heteroatoms. The van der Waals surface area contributed by atoms with Gasteiger partial charge < -0.3 is 5.73 Å². The van der Waals surface area contributed by atoms with Gasteiger partial charge in [0.05, 0.1) is 5.69 Å². The number of nitrogens with two attached hydrogens (primary N) is 1. The Balaban J connectivity index is 2.36. The first kappa shape index (κ1) is 9.71. The van der Waals surface area contributed by atoms with Gasteiger partial charge in [-0.25, -0.2) is 0 Å². The van der Waals surface area contributed by atoms with Gasteiger partial charge in [-0.3, -0.25) is 9.67 Å². The molecule has 78 valence electrons. The standard InChI is InChI=1S/C11H14N4/c1-2-7-15-8-10(12)11(14-15)9-3-5-13-6-4-9/h3-6,8H,2,7,12H2,1H3. The minimum Gasteiger partial charge on any atom is -0.396 e. The van der Waals surface area contributed by atoms with Gasteiger partial charge >= 0.3 is 0 Å². The second kappa shape index (κ2) is 4.13. The van der Waals surface area contributed by atoms with Crippen LogP contribution in [0.15, 0.2) is 30.7 Å². The lowest BCUT2D eigenvalue weighted by molar-refractivity contribution is 0.605. The summed E-state index contributed by atoms with van der Waals surface area (Å²) in [6.07, 6.45) is 6.41. The summed E-state index contributed by atoms with van der Waals surface area (Å²) < 4.78 is 1.88. The third-order valence-electron chi connectivity index (χ3n) is 2.20. The molecule has 2 heterocycles. The molecule has 0 spiro atoms. The Morgan fingerprint density at radius 2 is 2.07 bits per heavy atom. The highest BCUT2D eigenvalue weighted by atomic mass is 15.3. The summed E-state index contributed by atoms with van der Waals surface area (Å²) in [5, 5.41) is 4.43. The minimum atomic E-state index is 0.717. The molecule has 0 bridgehead atoms. The predicted octanol–water partition coefficient (Wildman–Crippen LogP) is 1.94. The maximum Gasteiger partial charge on any atom is 0.115 e. The molecule has 0 amide bonds. The average molecular weight is 202 g/mol. The quantitative estimate of drug-likeness (QED) is 0.827. The number of aryl methyl sites for hydroxylation is 1. The fourth-order valence-corrected chi connectivity index (χ4v) is 1.51. The number of hydrogen-bond donors (Lipinski definition) is 1. The van der Waals surface area contributed by atoms with Crippen molar-refractivity contribution in [3.8, 4) is 11.3 Å². The van der Waals surface area contributed by atoms with Gasteiger partial charge in [-0.15, -0.1) is 0 Å². The lowest BCUT2D eigenvalue weighted by Gasteiger charge is -1.97. The normalized spacial score (nSPS) is 10.5. The zero-order valence-corrected chi connectivity index (χ0v) is 8.72. The summed E-state index contributed by atoms with van der Waals surface area (Å²) in [7, 11) is 0. The van der Waals surface area contributed by atoms with Crippen molar-refractivity contribution in [2.45, 2.75) is 19.9 Å². The fourth-order valence-electron chi connectivity index (χ4n) is 1.51. The van der Waals surface area contributed by atoms with Gasteiger partial charge in [0, 0.05) is 30.7 Å². The van der Waals surface area contributed by atoms with E-state index >= 15 is 0 Å². The largest absolute Gasteiger partial charge is 0.396 e. The first-order chi connectivity index (χ1) is 7.31. The van der Waals surface area contributed by atoms with E-state index in [0.717, 1.165) is 29.9 Å². The highest BCUT2D eigenvalue weighted by molar-refractivity contribution is 5.71. The molecular formula is C11H14N4. The molecule has 2 aromatic rings. The van der Waals surface area contributed by atoms with Gasteiger partial charge in [0.15, 0.2) is 0 Å². The van der Waals surface area contributed by atoms with Crippen LogP contribution in [-0.2, 0) is 6.54 Å². The van der Waals surface area contributed by atoms with Crippen LogP contribution in [0.25, 0.3) is 11.3 Å². The van der Waals surface area contributed by atoms with Gasteiger partial charge in [0.25, 0.3) is 0 Å². The van der Waals surface area contributed by atoms with Crippen LogP contribution in [0.2, 0.25) is 0 Å². The molecule has 0 saturated heterocycles. The molecule has 0 fully saturated rings. The summed E-state index contributed by atoms with van der Waals surface area (Å²) >= 11 is 0. The summed E-state index contributed by atoms with van der Waals surface area (Å²) in [6, 6.07) is 3.82. The average Bonchev–Trinajstić information content (AvgIpc) is 2.61. The third kappa shape index (κ3) is 1.98. The molecule has 0 radical (unpaired) electrons. The van der Waals surface area contributed by atoms with Gasteiger partial charge in [-0.1, -0.05) is 6.92 Å². The van der Waals surface area contributed by atoms with Crippen LogP contribution < -0.4 is 5.73 Å². The van der Waals surface area contributed by atoms with Crippen molar-refractivity contribution in [2.75, 3.05) is 5.73 Å². The van der Waals surface area contributed by atoms with Gasteiger partial charge in [-0.05, 0) is 18.6 Å². The number of aromatic nitrogens is 3. The predicted molar refractivity (Wildman–Crippen MR) is 60.2 cm³/mol. The van der Waals surface area contributed by atoms with Crippen molar-refractivity contribution in [1.82, 2.24) is 14.8 Å². The lowest BCUT2D eigenvalue weighted by atomic mass is 10.2. The lowest BCUT2D eigenvalue weighted by Crippen LogP contribution is -1.96. The van der Waals surface area contributed by atoms with Crippen LogP contribution in [0.1, 0.15) is 13.3 Å². The molecule has 0 aliphatic rings. The van der Waals surface area contributed by atoms with Crippen molar-refractivity contribution in [2.24, 2.45) is 0 Å². The Morgan fingerprint density at radius 1 is 1.33 bits per heavy atom. The highest BCUT2D eigenvalue weighted by Crippen LogP contribution is 2.22. The summed E-state index contributed by atoms with van der Waals surface area (Å²) in [5.74, 6) is 0. The Morgan fingerprint density at radius 3 is 2.73 bits per heavy atom. The SMILES string of the molecule is CCCn1cc(N)c(-c2ccncc2)n1. The van der Waals surface area contributed by atoms with E-state index in [1.165, 1.54) is 0 Å². The van der Waals surface area contributed by atoms with Crippen molar-refractivity contribution in [1.29, 1.82) is 0 Å². The number of nitrogen functional groups attached to an aromatic ring is 1. The smallest absolute Gasteiger partial charge is 0.115 e. The molecule has 4 nitrogen and oxygen atoms in total. The van der Waals surface area contributed by atoms with Crippen LogP contribution in [0, 0.1) is 0 Å². The molecule has 15 heavy (non-hydrogen) atoms. The van der Waals surface area contributed by atoms with Crippen LogP contribution in [0.3, 0.4) is 0 Å². The summed E-state index contributed by atoms with van der Waals surface area (Å²) in [6.45, 7) is 3.01. The van der Waals surface area contributed by atoms with E-state index < -0.39 is 0 Å². The van der Waals surface area contributed by atoms with Crippen molar-refractivity contribution in [3.63, 3.8) is 0 Å². The maximum atomic E-state index is 5.90. The first-order valence-electron chi connectivity index (χ1n) is 5.04. The number of pyridine rings is 1. The van der Waals surface area contributed by atoms with E-state index in [1.807, 2.05) is 23.0 Å². The fraction of sp³-hybridized carbons (Fsp3) is 0.273. The molecule has 0 aliphatic heterocycles. The molecular weight excluding hydrogens is 188 g/mol. The Kier molecular flexibility index (Phi) is 2.67. The Bertz CT molecular complexity index is 433. The minimum absolute atomic E-state index is 0.717. The zero-order chi connectivity index (χ0) is 10.7. The van der Waals surface area contributed by atoms with E-state index in [2.05, 4.69) is 17.0 Å². The molecule has 0 atom stereocenters. The third-order valence-corrected chi connectivity index (χ3v) is 2.20. The Labute approximate surface area is 88.8 Å². The van der Waals surface area contributed by atoms with Crippen molar-refractivity contribution >= 4 is 5.69 Å². The van der Waals surface area contributed by atoms with E-state index in [4.69, 9.17) is 5.73 Å². The van der Waals surface area contributed by atoms with E-state index in [1.54, 1.807) is 12.4 Å². The molecule has 0 aromatic carbocycles. The number of anilines is 1. The Hall–Kier alpha value is -1.84. The van der Waals surface area contributed by atoms with E-state index in [9.17, 15) is 0 Å². The van der Waals surface area contributed by atoms with Crippen LogP contribution >= 0.6 is 0 Å². The summed E-state index contributed by atoms with van der Waals surface area (Å²) in [5.41, 5.74) is 8.47. The molecule has 0 unspecified atom stereocenters. The zero-order valence-electron chi connectivity index (χ0n) is 8.72. The van der Waals surface area contributed by atoms with E-state index in [-0.39, 0.29) is 0 Å². The number of rotatable bonds is 3. The van der Waals surface area contributed by atoms with Crippen LogP contribution in [-0.4, -0.2) is 14.8 Å². The van der Waals surface area contributed by atoms with Gasteiger partial charge in [0.1, 0.15) is 5.69 Å². The molecule has 0 saturated carbocycles. The highest BCUT2D eigenvalue weighted by Gasteiger charge is 2.07. The molecule has 2 N–H and O–H groups in total. The maximum absolute atomic E-state index is 5.90. The molecule has 2 aromatic heterocycles. The number of nitrogens with zero attached hydrogens (tertiary/aromatic N) is 3. The molecule has 0 aliphatic carbocycles. The van der Waals surface area contributed by atoms with Crippen molar-refractivity contribution in [3.05, 3.63) is 30.7 Å². The summed E-state index contributed by atoms with van der Waals surface area (Å²) in [4.78, 5) is 3.97. The molecule has 2 rings (SSSR count). The first-order valence-corrected chi connectivity index (χ1v) is 5.04. The van der Waals surface area contributed by atoms with Crippen LogP contribution in [0.4, 0.5) is 5.69 Å².